The molecule has 0 aliphatic heterocycles. The van der Waals surface area contributed by atoms with Crippen molar-refractivity contribution in [3.63, 3.8) is 0 Å². The molecule has 0 aromatic heterocycles. The fourth-order valence-corrected chi connectivity index (χ4v) is 1.23. The van der Waals surface area contributed by atoms with Gasteiger partial charge >= 0.3 is 16.8 Å². The molecule has 0 rings (SSSR count). The third-order valence-electron chi connectivity index (χ3n) is 1.98. The number of carbonyl (C=O) groups is 1. The zero-order valence-corrected chi connectivity index (χ0v) is 9.35. The number of hydrogen-bond donors (Lipinski definition) is 0. The predicted molar refractivity (Wildman–Crippen MR) is 47.6 cm³/mol. The van der Waals surface area contributed by atoms with Gasteiger partial charge in [0.15, 0.2) is 0 Å². The van der Waals surface area contributed by atoms with Crippen LogP contribution in [-0.4, -0.2) is 5.97 Å². The fraction of sp³-hybridized carbons (Fsp3) is 0.900. The van der Waals surface area contributed by atoms with Gasteiger partial charge in [0.25, 0.3) is 0 Å². The van der Waals surface area contributed by atoms with Crippen LogP contribution in [0, 0.1) is 0 Å². The summed E-state index contributed by atoms with van der Waals surface area (Å²) in [6.45, 7) is 2.19. The first kappa shape index (κ1) is 15.4. The van der Waals surface area contributed by atoms with Crippen molar-refractivity contribution in [2.45, 2.75) is 58.3 Å². The maximum absolute atomic E-state index is 10.0. The molecule has 0 aliphatic rings. The van der Waals surface area contributed by atoms with E-state index in [4.69, 9.17) is 0 Å². The van der Waals surface area contributed by atoms with E-state index >= 15 is 0 Å². The Bertz CT molecular complexity index is 115. The van der Waals surface area contributed by atoms with E-state index in [2.05, 4.69) is 6.92 Å². The van der Waals surface area contributed by atoms with Gasteiger partial charge < -0.3 is 9.90 Å². The molecule has 0 saturated heterocycles. The van der Waals surface area contributed by atoms with Gasteiger partial charge in [-0.2, -0.15) is 0 Å². The van der Waals surface area contributed by atoms with Crippen molar-refractivity contribution in [3.05, 3.63) is 0 Å². The average Bonchev–Trinajstić information content (AvgIpc) is 2.02. The fourth-order valence-electron chi connectivity index (χ4n) is 1.23. The van der Waals surface area contributed by atoms with Crippen LogP contribution >= 0.6 is 0 Å². The second kappa shape index (κ2) is 12.0. The van der Waals surface area contributed by atoms with E-state index in [1.807, 2.05) is 0 Å². The van der Waals surface area contributed by atoms with Crippen molar-refractivity contribution in [2.24, 2.45) is 0 Å². The minimum absolute atomic E-state index is 0. The van der Waals surface area contributed by atoms with Gasteiger partial charge in [-0.1, -0.05) is 45.4 Å². The molecular formula is C10H19CoO2+. The predicted octanol–water partition coefficient (Wildman–Crippen LogP) is 1.87. The monoisotopic (exact) mass is 230 g/mol. The Balaban J connectivity index is 0. The summed E-state index contributed by atoms with van der Waals surface area (Å²) in [6.07, 6.45) is 8.34. The normalized spacial score (nSPS) is 9.31. The maximum Gasteiger partial charge on any atom is 2.00 e. The van der Waals surface area contributed by atoms with E-state index in [-0.39, 0.29) is 23.2 Å². The summed E-state index contributed by atoms with van der Waals surface area (Å²) in [5.74, 6) is -0.913. The Hall–Kier alpha value is -0.0235. The van der Waals surface area contributed by atoms with Gasteiger partial charge in [0.2, 0.25) is 0 Å². The van der Waals surface area contributed by atoms with Gasteiger partial charge in [0.05, 0.1) is 0 Å². The van der Waals surface area contributed by atoms with E-state index in [0.717, 1.165) is 12.8 Å². The van der Waals surface area contributed by atoms with Crippen molar-refractivity contribution in [3.8, 4) is 0 Å². The Morgan fingerprint density at radius 2 is 1.46 bits per heavy atom. The zero-order chi connectivity index (χ0) is 9.23. The van der Waals surface area contributed by atoms with Crippen LogP contribution in [0.5, 0.6) is 0 Å². The van der Waals surface area contributed by atoms with Crippen molar-refractivity contribution >= 4 is 5.97 Å². The van der Waals surface area contributed by atoms with Crippen molar-refractivity contribution in [1.29, 1.82) is 0 Å². The Morgan fingerprint density at radius 3 is 1.92 bits per heavy atom. The first-order valence-corrected chi connectivity index (χ1v) is 4.97. The number of carboxylic acids is 1. The summed E-state index contributed by atoms with van der Waals surface area (Å²) in [5.41, 5.74) is 0. The van der Waals surface area contributed by atoms with Crippen LogP contribution in [0.2, 0.25) is 0 Å². The van der Waals surface area contributed by atoms with Gasteiger partial charge in [-0.25, -0.2) is 0 Å². The molecule has 1 radical (unpaired) electrons. The quantitative estimate of drug-likeness (QED) is 0.597. The van der Waals surface area contributed by atoms with Crippen molar-refractivity contribution in [2.75, 3.05) is 0 Å². The van der Waals surface area contributed by atoms with Gasteiger partial charge in [0, 0.05) is 5.97 Å². The van der Waals surface area contributed by atoms with Crippen LogP contribution < -0.4 is 5.11 Å². The van der Waals surface area contributed by atoms with E-state index in [1.165, 1.54) is 32.1 Å². The molecule has 79 valence electrons. The van der Waals surface area contributed by atoms with Crippen molar-refractivity contribution < 1.29 is 26.7 Å². The first-order valence-electron chi connectivity index (χ1n) is 4.97. The number of hydrogen-bond acceptors (Lipinski definition) is 2. The van der Waals surface area contributed by atoms with Crippen LogP contribution in [0.4, 0.5) is 0 Å². The summed E-state index contributed by atoms with van der Waals surface area (Å²) >= 11 is 0. The third kappa shape index (κ3) is 14.8. The van der Waals surface area contributed by atoms with Crippen molar-refractivity contribution in [1.82, 2.24) is 0 Å². The van der Waals surface area contributed by atoms with Crippen LogP contribution in [0.1, 0.15) is 58.3 Å². The van der Waals surface area contributed by atoms with E-state index in [9.17, 15) is 9.90 Å². The van der Waals surface area contributed by atoms with E-state index < -0.39 is 5.97 Å². The van der Waals surface area contributed by atoms with Crippen LogP contribution in [0.25, 0.3) is 0 Å². The Kier molecular flexibility index (Phi) is 14.2. The van der Waals surface area contributed by atoms with Crippen LogP contribution in [-0.2, 0) is 21.6 Å². The molecule has 3 heteroatoms. The average molecular weight is 230 g/mol. The minimum Gasteiger partial charge on any atom is -0.550 e. The molecule has 0 aromatic carbocycles. The Morgan fingerprint density at radius 1 is 1.00 bits per heavy atom. The topological polar surface area (TPSA) is 40.1 Å². The van der Waals surface area contributed by atoms with Crippen LogP contribution in [0.3, 0.4) is 0 Å². The first-order chi connectivity index (χ1) is 5.77. The number of carbonyl (C=O) groups excluding carboxylic acids is 1. The molecule has 0 N–H and O–H groups in total. The van der Waals surface area contributed by atoms with Gasteiger partial charge in [0.1, 0.15) is 0 Å². The molecule has 0 heterocycles. The molecule has 0 bridgehead atoms. The molecule has 2 nitrogen and oxygen atoms in total. The molecule has 0 spiro atoms. The number of unbranched alkanes of at least 4 members (excludes halogenated alkanes) is 6. The SMILES string of the molecule is CCCCCCCCCC(=O)[O-].[Co+2]. The molecule has 0 saturated carbocycles. The molecule has 13 heavy (non-hydrogen) atoms. The zero-order valence-electron chi connectivity index (χ0n) is 8.31. The van der Waals surface area contributed by atoms with Gasteiger partial charge in [-0.05, 0) is 12.8 Å². The third-order valence-corrected chi connectivity index (χ3v) is 1.98. The molecule has 0 aliphatic carbocycles. The number of rotatable bonds is 8. The second-order valence-electron chi connectivity index (χ2n) is 3.24. The molecule has 0 aromatic rings. The van der Waals surface area contributed by atoms with Gasteiger partial charge in [-0.15, -0.1) is 0 Å². The Labute approximate surface area is 91.3 Å². The summed E-state index contributed by atoms with van der Waals surface area (Å²) in [7, 11) is 0. The number of aliphatic carboxylic acids is 1. The molecule has 0 unspecified atom stereocenters. The molecule has 0 amide bonds. The standard InChI is InChI=1S/C10H20O2.Co/c1-2-3-4-5-6-7-8-9-10(11)12;/h2-9H2,1H3,(H,11,12);/q;+2/p-1. The summed E-state index contributed by atoms with van der Waals surface area (Å²) in [4.78, 5) is 10.0. The summed E-state index contributed by atoms with van der Waals surface area (Å²) < 4.78 is 0. The number of carboxylic acid groups (broad SMARTS) is 1. The second-order valence-corrected chi connectivity index (χ2v) is 3.24. The van der Waals surface area contributed by atoms with Gasteiger partial charge in [-0.3, -0.25) is 0 Å². The van der Waals surface area contributed by atoms with Crippen LogP contribution in [0.15, 0.2) is 0 Å². The molecule has 0 fully saturated rings. The summed E-state index contributed by atoms with van der Waals surface area (Å²) in [5, 5.41) is 10.0. The minimum atomic E-state index is -0.913. The van der Waals surface area contributed by atoms with E-state index in [1.54, 1.807) is 0 Å². The molecule has 0 atom stereocenters. The maximum atomic E-state index is 10.0. The summed E-state index contributed by atoms with van der Waals surface area (Å²) in [6, 6.07) is 0. The largest absolute Gasteiger partial charge is 2.00 e. The van der Waals surface area contributed by atoms with E-state index in [0.29, 0.717) is 0 Å². The molecular weight excluding hydrogens is 211 g/mol. The smallest absolute Gasteiger partial charge is 0.550 e.